The largest absolute Gasteiger partial charge is 0.309 e. The van der Waals surface area contributed by atoms with Crippen LogP contribution in [0.4, 0.5) is 0 Å². The molecule has 1 unspecified atom stereocenters. The summed E-state index contributed by atoms with van der Waals surface area (Å²) in [6, 6.07) is 4.39. The van der Waals surface area contributed by atoms with Gasteiger partial charge in [0.05, 0.1) is 10.6 Å². The fraction of sp³-hybridized carbons (Fsp3) is 0.500. The molecular weight excluding hydrogens is 256 g/mol. The lowest BCUT2D eigenvalue weighted by atomic mass is 10.0. The zero-order valence-corrected chi connectivity index (χ0v) is 12.3. The maximum absolute atomic E-state index is 4.26. The molecule has 5 heteroatoms. The predicted molar refractivity (Wildman–Crippen MR) is 78.3 cm³/mol. The van der Waals surface area contributed by atoms with Gasteiger partial charge in [0.1, 0.15) is 0 Å². The summed E-state index contributed by atoms with van der Waals surface area (Å²) in [5.41, 5.74) is 2.38. The highest BCUT2D eigenvalue weighted by atomic mass is 32.1. The zero-order chi connectivity index (χ0) is 13.5. The minimum absolute atomic E-state index is 0.288. The van der Waals surface area contributed by atoms with Crippen molar-refractivity contribution in [1.82, 2.24) is 19.9 Å². The molecule has 0 aliphatic carbocycles. The van der Waals surface area contributed by atoms with Gasteiger partial charge in [0, 0.05) is 18.4 Å². The zero-order valence-electron chi connectivity index (χ0n) is 11.5. The maximum atomic E-state index is 4.26. The summed E-state index contributed by atoms with van der Waals surface area (Å²) in [4.78, 5) is 5.45. The van der Waals surface area contributed by atoms with Crippen LogP contribution in [-0.4, -0.2) is 21.1 Å². The monoisotopic (exact) mass is 276 g/mol. The molecule has 2 heterocycles. The van der Waals surface area contributed by atoms with Crippen molar-refractivity contribution >= 4 is 11.5 Å². The van der Waals surface area contributed by atoms with E-state index in [2.05, 4.69) is 39.8 Å². The van der Waals surface area contributed by atoms with E-state index in [1.807, 2.05) is 18.5 Å². The highest BCUT2D eigenvalue weighted by Crippen LogP contribution is 2.24. The van der Waals surface area contributed by atoms with Gasteiger partial charge in [-0.15, -0.1) is 5.10 Å². The fourth-order valence-electron chi connectivity index (χ4n) is 2.15. The molecule has 4 nitrogen and oxygen atoms in total. The van der Waals surface area contributed by atoms with Crippen molar-refractivity contribution in [3.8, 4) is 0 Å². The minimum Gasteiger partial charge on any atom is -0.309 e. The third-order valence-corrected chi connectivity index (χ3v) is 3.88. The Morgan fingerprint density at radius 1 is 1.37 bits per heavy atom. The number of hydrogen-bond donors (Lipinski definition) is 1. The van der Waals surface area contributed by atoms with E-state index in [1.165, 1.54) is 22.0 Å². The molecule has 102 valence electrons. The number of likely N-dealkylation sites (N-methyl/N-ethyl adjacent to an activating group) is 1. The molecule has 0 aliphatic heterocycles. The van der Waals surface area contributed by atoms with Gasteiger partial charge in [0.25, 0.3) is 0 Å². The molecule has 0 fully saturated rings. The Labute approximate surface area is 118 Å². The van der Waals surface area contributed by atoms with Crippen LogP contribution in [0, 0.1) is 0 Å². The molecule has 2 rings (SSSR count). The van der Waals surface area contributed by atoms with Crippen LogP contribution in [0.5, 0.6) is 0 Å². The number of nitrogens with zero attached hydrogens (tertiary/aromatic N) is 3. The van der Waals surface area contributed by atoms with Gasteiger partial charge in [-0.25, -0.2) is 0 Å². The Hall–Kier alpha value is -1.33. The Bertz CT molecular complexity index is 483. The smallest absolute Gasteiger partial charge is 0.0803 e. The second-order valence-corrected chi connectivity index (χ2v) is 5.30. The highest BCUT2D eigenvalue weighted by Gasteiger charge is 2.18. The van der Waals surface area contributed by atoms with Crippen LogP contribution < -0.4 is 5.32 Å². The Morgan fingerprint density at radius 2 is 2.26 bits per heavy atom. The van der Waals surface area contributed by atoms with Gasteiger partial charge in [-0.05, 0) is 42.5 Å². The topological polar surface area (TPSA) is 50.7 Å². The summed E-state index contributed by atoms with van der Waals surface area (Å²) in [5, 5.41) is 7.80. The normalized spacial score (nSPS) is 12.5. The molecule has 0 saturated carbocycles. The first-order valence-electron chi connectivity index (χ1n) is 6.78. The first-order chi connectivity index (χ1) is 9.35. The second kappa shape index (κ2) is 7.31. The Kier molecular flexibility index (Phi) is 5.42. The molecule has 0 radical (unpaired) electrons. The first-order valence-corrected chi connectivity index (χ1v) is 7.55. The van der Waals surface area contributed by atoms with E-state index in [9.17, 15) is 0 Å². The second-order valence-electron chi connectivity index (χ2n) is 4.51. The average molecular weight is 276 g/mol. The van der Waals surface area contributed by atoms with E-state index in [1.54, 1.807) is 0 Å². The molecule has 0 saturated heterocycles. The maximum Gasteiger partial charge on any atom is 0.0803 e. The summed E-state index contributed by atoms with van der Waals surface area (Å²) in [6.45, 7) is 5.24. The van der Waals surface area contributed by atoms with E-state index in [0.717, 1.165) is 31.5 Å². The van der Waals surface area contributed by atoms with Crippen molar-refractivity contribution in [2.24, 2.45) is 0 Å². The van der Waals surface area contributed by atoms with Gasteiger partial charge < -0.3 is 5.32 Å². The molecule has 0 spiro atoms. The van der Waals surface area contributed by atoms with E-state index in [4.69, 9.17) is 0 Å². The van der Waals surface area contributed by atoms with Crippen molar-refractivity contribution in [3.63, 3.8) is 0 Å². The van der Waals surface area contributed by atoms with Crippen LogP contribution in [-0.2, 0) is 12.8 Å². The molecule has 0 aromatic carbocycles. The molecule has 1 atom stereocenters. The highest BCUT2D eigenvalue weighted by molar-refractivity contribution is 7.05. The number of hydrogen-bond acceptors (Lipinski definition) is 5. The van der Waals surface area contributed by atoms with Crippen molar-refractivity contribution in [1.29, 1.82) is 0 Å². The lowest BCUT2D eigenvalue weighted by Gasteiger charge is -2.17. The summed E-state index contributed by atoms with van der Waals surface area (Å²) < 4.78 is 4.12. The summed E-state index contributed by atoms with van der Waals surface area (Å²) in [6.07, 6.45) is 6.77. The molecule has 2 aromatic rings. The van der Waals surface area contributed by atoms with Crippen LogP contribution in [0.3, 0.4) is 0 Å². The third-order valence-electron chi connectivity index (χ3n) is 3.00. The van der Waals surface area contributed by atoms with E-state index in [-0.39, 0.29) is 6.04 Å². The van der Waals surface area contributed by atoms with E-state index < -0.39 is 0 Å². The van der Waals surface area contributed by atoms with Gasteiger partial charge in [-0.1, -0.05) is 30.8 Å². The summed E-state index contributed by atoms with van der Waals surface area (Å²) >= 11 is 1.51. The molecule has 0 aliphatic rings. The van der Waals surface area contributed by atoms with Gasteiger partial charge >= 0.3 is 0 Å². The lowest BCUT2D eigenvalue weighted by Crippen LogP contribution is -2.23. The number of aromatic nitrogens is 3. The van der Waals surface area contributed by atoms with Crippen LogP contribution in [0.25, 0.3) is 0 Å². The quantitative estimate of drug-likeness (QED) is 0.845. The predicted octanol–water partition coefficient (Wildman–Crippen LogP) is 2.78. The molecule has 1 N–H and O–H groups in total. The Morgan fingerprint density at radius 3 is 2.95 bits per heavy atom. The van der Waals surface area contributed by atoms with Crippen molar-refractivity contribution < 1.29 is 0 Å². The third kappa shape index (κ3) is 3.81. The van der Waals surface area contributed by atoms with Crippen LogP contribution in [0.2, 0.25) is 0 Å². The molecule has 0 amide bonds. The van der Waals surface area contributed by atoms with Crippen LogP contribution >= 0.6 is 11.5 Å². The SMILES string of the molecule is CCCc1nnsc1C(Cc1cccnc1)NCC. The number of nitrogens with one attached hydrogen (secondary N) is 1. The molecule has 0 bridgehead atoms. The number of rotatable bonds is 7. The lowest BCUT2D eigenvalue weighted by molar-refractivity contribution is 0.551. The van der Waals surface area contributed by atoms with Gasteiger partial charge in [-0.2, -0.15) is 0 Å². The molecule has 2 aromatic heterocycles. The minimum atomic E-state index is 0.288. The number of aryl methyl sites for hydroxylation is 1. The van der Waals surface area contributed by atoms with Crippen molar-refractivity contribution in [2.75, 3.05) is 6.54 Å². The van der Waals surface area contributed by atoms with Gasteiger partial charge in [0.15, 0.2) is 0 Å². The van der Waals surface area contributed by atoms with Crippen molar-refractivity contribution in [2.45, 2.75) is 39.2 Å². The Balaban J connectivity index is 2.17. The summed E-state index contributed by atoms with van der Waals surface area (Å²) in [7, 11) is 0. The van der Waals surface area contributed by atoms with Crippen LogP contribution in [0.15, 0.2) is 24.5 Å². The standard InChI is InChI=1S/C14H20N4S/c1-3-6-12-14(19-18-17-12)13(16-4-2)9-11-7-5-8-15-10-11/h5,7-8,10,13,16H,3-4,6,9H2,1-2H3. The van der Waals surface area contributed by atoms with Crippen molar-refractivity contribution in [3.05, 3.63) is 40.7 Å². The van der Waals surface area contributed by atoms with E-state index >= 15 is 0 Å². The average Bonchev–Trinajstić information content (AvgIpc) is 2.88. The van der Waals surface area contributed by atoms with Crippen LogP contribution in [0.1, 0.15) is 42.4 Å². The van der Waals surface area contributed by atoms with E-state index in [0.29, 0.717) is 0 Å². The number of pyridine rings is 1. The fourth-order valence-corrected chi connectivity index (χ4v) is 2.92. The van der Waals surface area contributed by atoms with Gasteiger partial charge in [-0.3, -0.25) is 4.98 Å². The molecular formula is C14H20N4S. The first kappa shape index (κ1) is 14.1. The van der Waals surface area contributed by atoms with Gasteiger partial charge in [0.2, 0.25) is 0 Å². The summed E-state index contributed by atoms with van der Waals surface area (Å²) in [5.74, 6) is 0. The molecule has 19 heavy (non-hydrogen) atoms.